The van der Waals surface area contributed by atoms with E-state index in [1.807, 2.05) is 44.2 Å². The summed E-state index contributed by atoms with van der Waals surface area (Å²) in [5.74, 6) is -0.0791. The molecule has 1 aromatic heterocycles. The number of nitrogens with one attached hydrogen (secondary N) is 1. The van der Waals surface area contributed by atoms with E-state index in [-0.39, 0.29) is 30.3 Å². The highest BCUT2D eigenvalue weighted by Crippen LogP contribution is 2.39. The quantitative estimate of drug-likeness (QED) is 0.794. The fraction of sp³-hybridized carbons (Fsp3) is 0.435. The summed E-state index contributed by atoms with van der Waals surface area (Å²) in [5.41, 5.74) is 0.174. The highest BCUT2D eigenvalue weighted by Gasteiger charge is 2.54. The maximum absolute atomic E-state index is 13.6. The minimum atomic E-state index is -0.764. The van der Waals surface area contributed by atoms with Crippen LogP contribution in [0.3, 0.4) is 0 Å². The molecule has 4 rings (SSSR count). The van der Waals surface area contributed by atoms with E-state index < -0.39 is 5.54 Å². The second-order valence-corrected chi connectivity index (χ2v) is 8.43. The molecule has 0 saturated carbocycles. The smallest absolute Gasteiger partial charge is 0.289 e. The summed E-state index contributed by atoms with van der Waals surface area (Å²) < 4.78 is 5.25. The van der Waals surface area contributed by atoms with Crippen LogP contribution in [0.1, 0.15) is 37.2 Å². The Kier molecular flexibility index (Phi) is 5.71. The number of rotatable bonds is 5. The van der Waals surface area contributed by atoms with Crippen LogP contribution in [0.25, 0.3) is 0 Å². The van der Waals surface area contributed by atoms with Crippen molar-refractivity contribution in [1.29, 1.82) is 0 Å². The molecule has 2 aromatic rings. The number of benzene rings is 1. The SMILES string of the molecule is CC(C)NC(=O)CN1CN(c2ccccc2)C2(CCN(C(=O)c3ccco3)CC2)C1=O. The summed E-state index contributed by atoms with van der Waals surface area (Å²) in [6.07, 6.45) is 2.47. The summed E-state index contributed by atoms with van der Waals surface area (Å²) >= 11 is 0. The van der Waals surface area contributed by atoms with Crippen molar-refractivity contribution >= 4 is 23.4 Å². The van der Waals surface area contributed by atoms with Crippen LogP contribution in [0.4, 0.5) is 5.69 Å². The van der Waals surface area contributed by atoms with Crippen LogP contribution < -0.4 is 10.2 Å². The number of carbonyl (C=O) groups excluding carboxylic acids is 3. The van der Waals surface area contributed by atoms with Crippen molar-refractivity contribution < 1.29 is 18.8 Å². The number of para-hydroxylation sites is 1. The summed E-state index contributed by atoms with van der Waals surface area (Å²) in [5, 5.41) is 2.86. The fourth-order valence-corrected chi connectivity index (χ4v) is 4.50. The van der Waals surface area contributed by atoms with Gasteiger partial charge in [-0.2, -0.15) is 0 Å². The Morgan fingerprint density at radius 2 is 1.81 bits per heavy atom. The molecule has 3 heterocycles. The number of furan rings is 1. The third-order valence-electron chi connectivity index (χ3n) is 5.98. The standard InChI is InChI=1S/C23H28N4O4/c1-17(2)24-20(28)15-26-16-27(18-7-4-3-5-8-18)23(22(26)30)10-12-25(13-11-23)21(29)19-9-6-14-31-19/h3-9,14,17H,10-13,15-16H2,1-2H3,(H,24,28). The number of hydrogen-bond acceptors (Lipinski definition) is 5. The molecule has 1 aromatic carbocycles. The van der Waals surface area contributed by atoms with Gasteiger partial charge in [0.2, 0.25) is 5.91 Å². The topological polar surface area (TPSA) is 86.1 Å². The van der Waals surface area contributed by atoms with Crippen molar-refractivity contribution in [1.82, 2.24) is 15.1 Å². The van der Waals surface area contributed by atoms with Gasteiger partial charge in [0, 0.05) is 24.8 Å². The number of piperidine rings is 1. The molecule has 8 nitrogen and oxygen atoms in total. The fourth-order valence-electron chi connectivity index (χ4n) is 4.50. The third kappa shape index (κ3) is 4.02. The van der Waals surface area contributed by atoms with Crippen LogP contribution in [0.15, 0.2) is 53.1 Å². The first-order valence-electron chi connectivity index (χ1n) is 10.6. The van der Waals surface area contributed by atoms with E-state index in [1.54, 1.807) is 21.9 Å². The number of anilines is 1. The Morgan fingerprint density at radius 1 is 1.10 bits per heavy atom. The van der Waals surface area contributed by atoms with Gasteiger partial charge in [0.25, 0.3) is 11.8 Å². The van der Waals surface area contributed by atoms with Gasteiger partial charge in [-0.3, -0.25) is 14.4 Å². The average Bonchev–Trinajstić information content (AvgIpc) is 3.38. The lowest BCUT2D eigenvalue weighted by Gasteiger charge is -2.43. The Morgan fingerprint density at radius 3 is 2.42 bits per heavy atom. The summed E-state index contributed by atoms with van der Waals surface area (Å²) in [6.45, 7) is 5.05. The molecule has 0 unspecified atom stereocenters. The van der Waals surface area contributed by atoms with Crippen LogP contribution in [0, 0.1) is 0 Å². The van der Waals surface area contributed by atoms with E-state index in [0.29, 0.717) is 38.4 Å². The molecule has 31 heavy (non-hydrogen) atoms. The van der Waals surface area contributed by atoms with Crippen molar-refractivity contribution in [3.05, 3.63) is 54.5 Å². The second-order valence-electron chi connectivity index (χ2n) is 8.43. The van der Waals surface area contributed by atoms with Crippen LogP contribution in [-0.2, 0) is 9.59 Å². The molecule has 0 aliphatic carbocycles. The highest BCUT2D eigenvalue weighted by atomic mass is 16.3. The van der Waals surface area contributed by atoms with Gasteiger partial charge in [-0.25, -0.2) is 0 Å². The summed E-state index contributed by atoms with van der Waals surface area (Å²) in [7, 11) is 0. The van der Waals surface area contributed by atoms with Crippen molar-refractivity contribution in [2.45, 2.75) is 38.3 Å². The lowest BCUT2D eigenvalue weighted by molar-refractivity contribution is -0.137. The average molecular weight is 425 g/mol. The van der Waals surface area contributed by atoms with Crippen LogP contribution in [-0.4, -0.2) is 65.4 Å². The van der Waals surface area contributed by atoms with Crippen molar-refractivity contribution in [2.24, 2.45) is 0 Å². The zero-order chi connectivity index (χ0) is 22.0. The number of nitrogens with zero attached hydrogens (tertiary/aromatic N) is 3. The maximum Gasteiger partial charge on any atom is 0.289 e. The Labute approximate surface area is 181 Å². The molecule has 0 bridgehead atoms. The summed E-state index contributed by atoms with van der Waals surface area (Å²) in [4.78, 5) is 44.1. The van der Waals surface area contributed by atoms with Crippen LogP contribution in [0.5, 0.6) is 0 Å². The second kappa shape index (κ2) is 8.45. The number of carbonyl (C=O) groups is 3. The Hall–Kier alpha value is -3.29. The maximum atomic E-state index is 13.6. The molecular weight excluding hydrogens is 396 g/mol. The largest absolute Gasteiger partial charge is 0.459 e. The van der Waals surface area contributed by atoms with Crippen molar-refractivity contribution in [2.75, 3.05) is 31.2 Å². The van der Waals surface area contributed by atoms with E-state index in [4.69, 9.17) is 4.42 Å². The van der Waals surface area contributed by atoms with Crippen molar-refractivity contribution in [3.63, 3.8) is 0 Å². The van der Waals surface area contributed by atoms with Gasteiger partial charge < -0.3 is 24.4 Å². The zero-order valence-corrected chi connectivity index (χ0v) is 17.9. The molecule has 8 heteroatoms. The molecule has 2 aliphatic heterocycles. The first kappa shape index (κ1) is 21.0. The predicted molar refractivity (Wildman–Crippen MR) is 115 cm³/mol. The molecule has 0 atom stereocenters. The highest BCUT2D eigenvalue weighted by molar-refractivity contribution is 5.97. The van der Waals surface area contributed by atoms with Gasteiger partial charge in [0.1, 0.15) is 12.1 Å². The van der Waals surface area contributed by atoms with Gasteiger partial charge in [0.05, 0.1) is 12.9 Å². The number of likely N-dealkylation sites (tertiary alicyclic amines) is 1. The van der Waals surface area contributed by atoms with Crippen molar-refractivity contribution in [3.8, 4) is 0 Å². The van der Waals surface area contributed by atoms with Crippen LogP contribution in [0.2, 0.25) is 0 Å². The molecule has 3 amide bonds. The van der Waals surface area contributed by atoms with E-state index >= 15 is 0 Å². The Bertz CT molecular complexity index is 934. The molecule has 0 radical (unpaired) electrons. The first-order valence-corrected chi connectivity index (χ1v) is 10.6. The molecular formula is C23H28N4O4. The van der Waals surface area contributed by atoms with Crippen LogP contribution >= 0.6 is 0 Å². The predicted octanol–water partition coefficient (Wildman–Crippen LogP) is 2.09. The number of amides is 3. The van der Waals surface area contributed by atoms with E-state index in [0.717, 1.165) is 5.69 Å². The van der Waals surface area contributed by atoms with Gasteiger partial charge >= 0.3 is 0 Å². The minimum absolute atomic E-state index is 0.0141. The zero-order valence-electron chi connectivity index (χ0n) is 17.9. The molecule has 164 valence electrons. The molecule has 2 saturated heterocycles. The third-order valence-corrected chi connectivity index (χ3v) is 5.98. The van der Waals surface area contributed by atoms with Gasteiger partial charge in [0.15, 0.2) is 5.76 Å². The summed E-state index contributed by atoms with van der Waals surface area (Å²) in [6, 6.07) is 13.1. The first-order chi connectivity index (χ1) is 14.9. The van der Waals surface area contributed by atoms with E-state index in [2.05, 4.69) is 10.2 Å². The number of hydrogen-bond donors (Lipinski definition) is 1. The van der Waals surface area contributed by atoms with E-state index in [1.165, 1.54) is 6.26 Å². The Balaban J connectivity index is 1.55. The molecule has 1 N–H and O–H groups in total. The molecule has 2 aliphatic rings. The monoisotopic (exact) mass is 424 g/mol. The van der Waals surface area contributed by atoms with Gasteiger partial charge in [-0.15, -0.1) is 0 Å². The lowest BCUT2D eigenvalue weighted by atomic mass is 9.85. The van der Waals surface area contributed by atoms with E-state index in [9.17, 15) is 14.4 Å². The molecule has 2 fully saturated rings. The lowest BCUT2D eigenvalue weighted by Crippen LogP contribution is -2.57. The molecule has 1 spiro atoms. The minimum Gasteiger partial charge on any atom is -0.459 e. The normalized spacial score (nSPS) is 18.2. The van der Waals surface area contributed by atoms with Gasteiger partial charge in [-0.05, 0) is 51.0 Å². The van der Waals surface area contributed by atoms with Gasteiger partial charge in [-0.1, -0.05) is 18.2 Å².